The molecule has 0 aliphatic heterocycles. The van der Waals surface area contributed by atoms with Gasteiger partial charge in [-0.3, -0.25) is 10.1 Å². The highest BCUT2D eigenvalue weighted by atomic mass is 16.6. The summed E-state index contributed by atoms with van der Waals surface area (Å²) >= 11 is 0. The molecule has 0 aliphatic carbocycles. The Hall–Kier alpha value is -0.600. The van der Waals surface area contributed by atoms with Crippen LogP contribution >= 0.6 is 0 Å². The first kappa shape index (κ1) is 10.4. The maximum atomic E-state index is 10.5. The van der Waals surface area contributed by atoms with Crippen LogP contribution in [0.3, 0.4) is 0 Å². The fourth-order valence-corrected chi connectivity index (χ4v) is 1.13. The van der Waals surface area contributed by atoms with E-state index in [1.54, 1.807) is 0 Å². The zero-order chi connectivity index (χ0) is 9.07. The molecule has 0 saturated carbocycles. The molecule has 3 heteroatoms. The Balaban J connectivity index is 4.22. The summed E-state index contributed by atoms with van der Waals surface area (Å²) in [6, 6.07) is -0.396. The molecule has 0 saturated heterocycles. The van der Waals surface area contributed by atoms with Gasteiger partial charge < -0.3 is 0 Å². The summed E-state index contributed by atoms with van der Waals surface area (Å²) < 4.78 is 0. The van der Waals surface area contributed by atoms with Crippen molar-refractivity contribution in [3.63, 3.8) is 0 Å². The lowest BCUT2D eigenvalue weighted by Gasteiger charge is -2.22. The van der Waals surface area contributed by atoms with Crippen LogP contribution in [0.15, 0.2) is 0 Å². The lowest BCUT2D eigenvalue weighted by molar-refractivity contribution is -0.540. The zero-order valence-electron chi connectivity index (χ0n) is 7.76. The van der Waals surface area contributed by atoms with E-state index in [9.17, 15) is 10.1 Å². The van der Waals surface area contributed by atoms with Crippen LogP contribution in [0.2, 0.25) is 0 Å². The minimum atomic E-state index is -0.396. The van der Waals surface area contributed by atoms with Crippen molar-refractivity contribution in [1.82, 2.24) is 0 Å². The molecule has 0 heterocycles. The van der Waals surface area contributed by atoms with E-state index in [1.165, 1.54) is 0 Å². The summed E-state index contributed by atoms with van der Waals surface area (Å²) in [5, 5.41) is 10.5. The molecule has 0 aromatic carbocycles. The van der Waals surface area contributed by atoms with Gasteiger partial charge in [0.25, 0.3) is 0 Å². The topological polar surface area (TPSA) is 43.1 Å². The molecular weight excluding hydrogens is 142 g/mol. The molecule has 0 radical (unpaired) electrons. The van der Waals surface area contributed by atoms with E-state index >= 15 is 0 Å². The van der Waals surface area contributed by atoms with Crippen LogP contribution in [-0.2, 0) is 0 Å². The van der Waals surface area contributed by atoms with E-state index < -0.39 is 6.04 Å². The molecule has 3 nitrogen and oxygen atoms in total. The smallest absolute Gasteiger partial charge is 0.217 e. The van der Waals surface area contributed by atoms with Gasteiger partial charge in [0, 0.05) is 16.8 Å². The van der Waals surface area contributed by atoms with Crippen molar-refractivity contribution in [3.8, 4) is 0 Å². The van der Waals surface area contributed by atoms with E-state index in [2.05, 4.69) is 0 Å². The summed E-state index contributed by atoms with van der Waals surface area (Å²) in [6.45, 7) is 7.71. The SMILES string of the molecule is CCCC([N+](=O)[O-])C(C)(C)C. The van der Waals surface area contributed by atoms with Crippen molar-refractivity contribution >= 4 is 0 Å². The van der Waals surface area contributed by atoms with Crippen LogP contribution in [0.25, 0.3) is 0 Å². The van der Waals surface area contributed by atoms with Gasteiger partial charge in [-0.1, -0.05) is 27.7 Å². The third kappa shape index (κ3) is 3.35. The predicted octanol–water partition coefficient (Wildman–Crippen LogP) is 2.48. The molecule has 0 fully saturated rings. The number of nitro groups is 1. The molecule has 0 rings (SSSR count). The van der Waals surface area contributed by atoms with Crippen LogP contribution in [0.4, 0.5) is 0 Å². The lowest BCUT2D eigenvalue weighted by Crippen LogP contribution is -2.33. The Morgan fingerprint density at radius 2 is 1.91 bits per heavy atom. The van der Waals surface area contributed by atoms with Gasteiger partial charge in [0.2, 0.25) is 6.04 Å². The molecule has 0 aromatic rings. The maximum absolute atomic E-state index is 10.5. The summed E-state index contributed by atoms with van der Waals surface area (Å²) in [6.07, 6.45) is 1.55. The second kappa shape index (κ2) is 3.69. The summed E-state index contributed by atoms with van der Waals surface area (Å²) in [5.74, 6) is 0. The molecule has 0 aliphatic rings. The van der Waals surface area contributed by atoms with Gasteiger partial charge in [-0.15, -0.1) is 0 Å². The number of nitrogens with zero attached hydrogens (tertiary/aromatic N) is 1. The Morgan fingerprint density at radius 1 is 1.45 bits per heavy atom. The maximum Gasteiger partial charge on any atom is 0.217 e. The molecule has 0 bridgehead atoms. The van der Waals surface area contributed by atoms with E-state index in [1.807, 2.05) is 27.7 Å². The summed E-state index contributed by atoms with van der Waals surface area (Å²) in [7, 11) is 0. The predicted molar refractivity (Wildman–Crippen MR) is 45.1 cm³/mol. The highest BCUT2D eigenvalue weighted by molar-refractivity contribution is 4.72. The quantitative estimate of drug-likeness (QED) is 0.469. The fourth-order valence-electron chi connectivity index (χ4n) is 1.13. The normalized spacial score (nSPS) is 14.5. The molecule has 1 unspecified atom stereocenters. The largest absolute Gasteiger partial charge is 0.264 e. The third-order valence-corrected chi connectivity index (χ3v) is 1.82. The Morgan fingerprint density at radius 3 is 2.00 bits per heavy atom. The standard InChI is InChI=1S/C8H17NO2/c1-5-6-7(9(10)11)8(2,3)4/h7H,5-6H2,1-4H3. The first-order valence-corrected chi connectivity index (χ1v) is 4.03. The molecule has 0 amide bonds. The zero-order valence-corrected chi connectivity index (χ0v) is 7.76. The summed E-state index contributed by atoms with van der Waals surface area (Å²) in [4.78, 5) is 10.4. The van der Waals surface area contributed by atoms with Crippen molar-refractivity contribution in [2.75, 3.05) is 0 Å². The molecule has 0 N–H and O–H groups in total. The second-order valence-electron chi connectivity index (χ2n) is 3.96. The number of hydrogen-bond donors (Lipinski definition) is 0. The second-order valence-corrected chi connectivity index (χ2v) is 3.96. The average Bonchev–Trinajstić information content (AvgIpc) is 1.79. The van der Waals surface area contributed by atoms with Crippen molar-refractivity contribution in [2.24, 2.45) is 5.41 Å². The summed E-state index contributed by atoms with van der Waals surface area (Å²) in [5.41, 5.74) is -0.209. The number of hydrogen-bond acceptors (Lipinski definition) is 2. The van der Waals surface area contributed by atoms with Gasteiger partial charge in [-0.25, -0.2) is 0 Å². The monoisotopic (exact) mass is 159 g/mol. The van der Waals surface area contributed by atoms with Gasteiger partial charge >= 0.3 is 0 Å². The van der Waals surface area contributed by atoms with Crippen molar-refractivity contribution in [1.29, 1.82) is 0 Å². The van der Waals surface area contributed by atoms with Gasteiger partial charge in [-0.05, 0) is 6.42 Å². The minimum Gasteiger partial charge on any atom is -0.264 e. The lowest BCUT2D eigenvalue weighted by atomic mass is 9.85. The van der Waals surface area contributed by atoms with E-state index in [-0.39, 0.29) is 10.3 Å². The van der Waals surface area contributed by atoms with E-state index in [0.29, 0.717) is 6.42 Å². The first-order valence-electron chi connectivity index (χ1n) is 4.03. The first-order chi connectivity index (χ1) is 4.89. The molecule has 0 spiro atoms. The van der Waals surface area contributed by atoms with E-state index in [4.69, 9.17) is 0 Å². The molecule has 0 aromatic heterocycles. The van der Waals surface area contributed by atoms with Gasteiger partial charge in [0.05, 0.1) is 0 Å². The van der Waals surface area contributed by atoms with E-state index in [0.717, 1.165) is 6.42 Å². The minimum absolute atomic E-state index is 0.163. The third-order valence-electron chi connectivity index (χ3n) is 1.82. The Labute approximate surface area is 67.9 Å². The molecular formula is C8H17NO2. The molecule has 1 atom stereocenters. The Bertz CT molecular complexity index is 138. The van der Waals surface area contributed by atoms with Crippen LogP contribution in [0, 0.1) is 15.5 Å². The van der Waals surface area contributed by atoms with Crippen LogP contribution in [-0.4, -0.2) is 11.0 Å². The molecule has 11 heavy (non-hydrogen) atoms. The van der Waals surface area contributed by atoms with Crippen molar-refractivity contribution in [3.05, 3.63) is 10.1 Å². The van der Waals surface area contributed by atoms with Crippen molar-refractivity contribution in [2.45, 2.75) is 46.6 Å². The van der Waals surface area contributed by atoms with Crippen molar-refractivity contribution < 1.29 is 4.92 Å². The van der Waals surface area contributed by atoms with Crippen LogP contribution in [0.5, 0.6) is 0 Å². The molecule has 66 valence electrons. The average molecular weight is 159 g/mol. The van der Waals surface area contributed by atoms with Crippen LogP contribution in [0.1, 0.15) is 40.5 Å². The fraction of sp³-hybridized carbons (Fsp3) is 1.00. The highest BCUT2D eigenvalue weighted by Crippen LogP contribution is 2.24. The van der Waals surface area contributed by atoms with Gasteiger partial charge in [0.15, 0.2) is 0 Å². The Kier molecular flexibility index (Phi) is 3.49. The van der Waals surface area contributed by atoms with Crippen LogP contribution < -0.4 is 0 Å². The number of rotatable bonds is 3. The van der Waals surface area contributed by atoms with Gasteiger partial charge in [-0.2, -0.15) is 0 Å². The van der Waals surface area contributed by atoms with Gasteiger partial charge in [0.1, 0.15) is 0 Å². The highest BCUT2D eigenvalue weighted by Gasteiger charge is 2.33.